The van der Waals surface area contributed by atoms with Crippen molar-refractivity contribution in [3.8, 4) is 5.75 Å². The van der Waals surface area contributed by atoms with Gasteiger partial charge in [0.2, 0.25) is 0 Å². The van der Waals surface area contributed by atoms with Crippen molar-refractivity contribution in [3.05, 3.63) is 23.8 Å². The molecule has 1 atom stereocenters. The molecular formula is C10H12FNO. The number of benzene rings is 1. The maximum Gasteiger partial charge on any atom is 0.137 e. The molecule has 0 saturated heterocycles. The van der Waals surface area contributed by atoms with E-state index in [0.29, 0.717) is 18.5 Å². The standard InChI is InChI=1S/C10H12FNO/c1-10(11)4-5-12-9-3-2-7(13)6-8(9)10/h2-3,6,12-13H,4-5H2,1H3. The van der Waals surface area contributed by atoms with Crippen molar-refractivity contribution in [3.63, 3.8) is 0 Å². The lowest BCUT2D eigenvalue weighted by atomic mass is 9.90. The normalized spacial score (nSPS) is 26.3. The van der Waals surface area contributed by atoms with Gasteiger partial charge in [0.1, 0.15) is 11.4 Å². The van der Waals surface area contributed by atoms with Crippen molar-refractivity contribution in [2.45, 2.75) is 19.0 Å². The second-order valence-corrected chi connectivity index (χ2v) is 3.60. The molecule has 1 aromatic rings. The van der Waals surface area contributed by atoms with Crippen molar-refractivity contribution in [2.24, 2.45) is 0 Å². The summed E-state index contributed by atoms with van der Waals surface area (Å²) < 4.78 is 13.9. The summed E-state index contributed by atoms with van der Waals surface area (Å²) >= 11 is 0. The first kappa shape index (κ1) is 8.35. The number of anilines is 1. The molecule has 0 spiro atoms. The highest BCUT2D eigenvalue weighted by Gasteiger charge is 2.31. The van der Waals surface area contributed by atoms with Crippen LogP contribution >= 0.6 is 0 Å². The topological polar surface area (TPSA) is 32.3 Å². The third-order valence-electron chi connectivity index (χ3n) is 2.47. The van der Waals surface area contributed by atoms with E-state index in [2.05, 4.69) is 5.32 Å². The van der Waals surface area contributed by atoms with E-state index in [1.807, 2.05) is 0 Å². The minimum absolute atomic E-state index is 0.117. The average Bonchev–Trinajstić information content (AvgIpc) is 2.06. The lowest BCUT2D eigenvalue weighted by Crippen LogP contribution is -2.26. The molecular weight excluding hydrogens is 169 g/mol. The second-order valence-electron chi connectivity index (χ2n) is 3.60. The summed E-state index contributed by atoms with van der Waals surface area (Å²) in [6.45, 7) is 2.19. The number of nitrogens with one attached hydrogen (secondary N) is 1. The van der Waals surface area contributed by atoms with Gasteiger partial charge < -0.3 is 10.4 Å². The fourth-order valence-electron chi connectivity index (χ4n) is 1.68. The summed E-state index contributed by atoms with van der Waals surface area (Å²) in [5, 5.41) is 12.3. The van der Waals surface area contributed by atoms with E-state index in [1.165, 1.54) is 6.07 Å². The van der Waals surface area contributed by atoms with Crippen LogP contribution in [0.1, 0.15) is 18.9 Å². The Kier molecular flexibility index (Phi) is 1.68. The lowest BCUT2D eigenvalue weighted by molar-refractivity contribution is 0.178. The van der Waals surface area contributed by atoms with Crippen molar-refractivity contribution in [1.29, 1.82) is 0 Å². The number of rotatable bonds is 0. The van der Waals surface area contributed by atoms with Gasteiger partial charge in [-0.2, -0.15) is 0 Å². The maximum absolute atomic E-state index is 13.9. The summed E-state index contributed by atoms with van der Waals surface area (Å²) in [5.74, 6) is 0.117. The molecule has 2 nitrogen and oxygen atoms in total. The quantitative estimate of drug-likeness (QED) is 0.602. The van der Waals surface area contributed by atoms with E-state index in [4.69, 9.17) is 0 Å². The SMILES string of the molecule is CC1(F)CCNc2ccc(O)cc21. The Morgan fingerprint density at radius 2 is 2.31 bits per heavy atom. The van der Waals surface area contributed by atoms with Crippen LogP contribution in [0.25, 0.3) is 0 Å². The minimum atomic E-state index is -1.32. The zero-order valence-corrected chi connectivity index (χ0v) is 7.47. The number of phenols is 1. The molecule has 1 unspecified atom stereocenters. The van der Waals surface area contributed by atoms with Gasteiger partial charge in [0, 0.05) is 24.2 Å². The Hall–Kier alpha value is -1.25. The minimum Gasteiger partial charge on any atom is -0.508 e. The highest BCUT2D eigenvalue weighted by molar-refractivity contribution is 5.58. The van der Waals surface area contributed by atoms with Gasteiger partial charge in [-0.15, -0.1) is 0 Å². The Balaban J connectivity index is 2.55. The van der Waals surface area contributed by atoms with Crippen molar-refractivity contribution >= 4 is 5.69 Å². The van der Waals surface area contributed by atoms with Gasteiger partial charge in [-0.3, -0.25) is 0 Å². The van der Waals surface area contributed by atoms with Crippen LogP contribution in [0.3, 0.4) is 0 Å². The molecule has 1 aliphatic rings. The first-order valence-corrected chi connectivity index (χ1v) is 4.36. The molecule has 13 heavy (non-hydrogen) atoms. The van der Waals surface area contributed by atoms with E-state index in [-0.39, 0.29) is 5.75 Å². The molecule has 0 saturated carbocycles. The number of fused-ring (bicyclic) bond motifs is 1. The van der Waals surface area contributed by atoms with E-state index in [9.17, 15) is 9.50 Å². The molecule has 3 heteroatoms. The van der Waals surface area contributed by atoms with Crippen LogP contribution in [0, 0.1) is 0 Å². The van der Waals surface area contributed by atoms with Gasteiger partial charge in [0.05, 0.1) is 0 Å². The summed E-state index contributed by atoms with van der Waals surface area (Å²) in [7, 11) is 0. The van der Waals surface area contributed by atoms with E-state index in [1.54, 1.807) is 19.1 Å². The van der Waals surface area contributed by atoms with Crippen LogP contribution in [-0.2, 0) is 5.67 Å². The summed E-state index contributed by atoms with van der Waals surface area (Å²) in [6, 6.07) is 4.76. The molecule has 0 aromatic heterocycles. The van der Waals surface area contributed by atoms with Gasteiger partial charge >= 0.3 is 0 Å². The Morgan fingerprint density at radius 1 is 1.54 bits per heavy atom. The zero-order chi connectivity index (χ0) is 9.47. The van der Waals surface area contributed by atoms with Gasteiger partial charge in [-0.1, -0.05) is 0 Å². The molecule has 2 N–H and O–H groups in total. The van der Waals surface area contributed by atoms with Crippen molar-refractivity contribution < 1.29 is 9.50 Å². The summed E-state index contributed by atoms with van der Waals surface area (Å²) in [4.78, 5) is 0. The second kappa shape index (κ2) is 2.62. The number of halogens is 1. The van der Waals surface area contributed by atoms with E-state index in [0.717, 1.165) is 5.69 Å². The Bertz CT molecular complexity index is 336. The predicted molar refractivity (Wildman–Crippen MR) is 49.7 cm³/mol. The first-order chi connectivity index (χ1) is 6.09. The highest BCUT2D eigenvalue weighted by Crippen LogP contribution is 2.39. The predicted octanol–water partition coefficient (Wildman–Crippen LogP) is 2.39. The van der Waals surface area contributed by atoms with Crippen LogP contribution in [-0.4, -0.2) is 11.7 Å². The molecule has 0 aliphatic carbocycles. The molecule has 2 rings (SSSR count). The molecule has 1 aliphatic heterocycles. The summed E-state index contributed by atoms with van der Waals surface area (Å²) in [5.41, 5.74) is 0.0204. The van der Waals surface area contributed by atoms with Crippen LogP contribution in [0.2, 0.25) is 0 Å². The monoisotopic (exact) mass is 181 g/mol. The first-order valence-electron chi connectivity index (χ1n) is 4.36. The van der Waals surface area contributed by atoms with E-state index < -0.39 is 5.67 Å². The molecule has 1 aromatic carbocycles. The molecule has 0 radical (unpaired) electrons. The fraction of sp³-hybridized carbons (Fsp3) is 0.400. The highest BCUT2D eigenvalue weighted by atomic mass is 19.1. The summed E-state index contributed by atoms with van der Waals surface area (Å²) in [6.07, 6.45) is 0.448. The van der Waals surface area contributed by atoms with Crippen LogP contribution in [0.15, 0.2) is 18.2 Å². The van der Waals surface area contributed by atoms with Crippen molar-refractivity contribution in [1.82, 2.24) is 0 Å². The fourth-order valence-corrected chi connectivity index (χ4v) is 1.68. The average molecular weight is 181 g/mol. The van der Waals surface area contributed by atoms with Gasteiger partial charge in [-0.25, -0.2) is 4.39 Å². The van der Waals surface area contributed by atoms with Crippen LogP contribution in [0.4, 0.5) is 10.1 Å². The molecule has 1 heterocycles. The third-order valence-corrected chi connectivity index (χ3v) is 2.47. The molecule has 0 fully saturated rings. The van der Waals surface area contributed by atoms with Crippen molar-refractivity contribution in [2.75, 3.05) is 11.9 Å². The van der Waals surface area contributed by atoms with Gasteiger partial charge in [0.25, 0.3) is 0 Å². The molecule has 70 valence electrons. The van der Waals surface area contributed by atoms with Gasteiger partial charge in [-0.05, 0) is 25.1 Å². The number of aromatic hydroxyl groups is 1. The molecule has 0 bridgehead atoms. The number of phenolic OH excluding ortho intramolecular Hbond substituents is 1. The lowest BCUT2D eigenvalue weighted by Gasteiger charge is -2.29. The van der Waals surface area contributed by atoms with E-state index >= 15 is 0 Å². The number of alkyl halides is 1. The largest absolute Gasteiger partial charge is 0.508 e. The smallest absolute Gasteiger partial charge is 0.137 e. The van der Waals surface area contributed by atoms with Crippen LogP contribution in [0.5, 0.6) is 5.75 Å². The Labute approximate surface area is 76.4 Å². The van der Waals surface area contributed by atoms with Gasteiger partial charge in [0.15, 0.2) is 0 Å². The number of hydrogen-bond acceptors (Lipinski definition) is 2. The third kappa shape index (κ3) is 1.34. The molecule has 0 amide bonds. The van der Waals surface area contributed by atoms with Crippen LogP contribution < -0.4 is 5.32 Å². The number of hydrogen-bond donors (Lipinski definition) is 2. The maximum atomic E-state index is 13.9. The Morgan fingerprint density at radius 3 is 3.08 bits per heavy atom. The zero-order valence-electron chi connectivity index (χ0n) is 7.47.